The lowest BCUT2D eigenvalue weighted by molar-refractivity contribution is -0.934. The Labute approximate surface area is 203 Å². The summed E-state index contributed by atoms with van der Waals surface area (Å²) in [5.74, 6) is 0. The van der Waals surface area contributed by atoms with Crippen LogP contribution in [-0.4, -0.2) is 42.1 Å². The molecule has 33 heavy (non-hydrogen) atoms. The van der Waals surface area contributed by atoms with E-state index in [1.54, 1.807) is 0 Å². The maximum Gasteiger partial charge on any atom is 0.104 e. The summed E-state index contributed by atoms with van der Waals surface area (Å²) in [5.41, 5.74) is 3.81. The lowest BCUT2D eigenvalue weighted by Gasteiger charge is -2.46. The van der Waals surface area contributed by atoms with Crippen molar-refractivity contribution in [3.63, 3.8) is 0 Å². The second-order valence-electron chi connectivity index (χ2n) is 11.9. The van der Waals surface area contributed by atoms with Gasteiger partial charge in [-0.15, -0.1) is 0 Å². The number of piperidine rings is 1. The van der Waals surface area contributed by atoms with E-state index in [2.05, 4.69) is 86.3 Å². The molecule has 0 aromatic heterocycles. The molecule has 0 bridgehead atoms. The van der Waals surface area contributed by atoms with Crippen LogP contribution in [-0.2, 0) is 13.1 Å². The molecule has 0 saturated carbocycles. The van der Waals surface area contributed by atoms with E-state index in [1.807, 2.05) is 0 Å². The van der Waals surface area contributed by atoms with Crippen LogP contribution in [0.15, 0.2) is 60.7 Å². The van der Waals surface area contributed by atoms with Crippen LogP contribution >= 0.6 is 0 Å². The van der Waals surface area contributed by atoms with Crippen LogP contribution in [0.3, 0.4) is 0 Å². The highest BCUT2D eigenvalue weighted by molar-refractivity contribution is 5.16. The van der Waals surface area contributed by atoms with Gasteiger partial charge < -0.3 is 4.48 Å². The average molecular weight is 448 g/mol. The molecular weight excluding hydrogens is 400 g/mol. The monoisotopic (exact) mass is 447 g/mol. The highest BCUT2D eigenvalue weighted by Crippen LogP contribution is 2.55. The zero-order chi connectivity index (χ0) is 23.2. The zero-order valence-corrected chi connectivity index (χ0v) is 21.6. The zero-order valence-electron chi connectivity index (χ0n) is 21.6. The third kappa shape index (κ3) is 5.89. The van der Waals surface area contributed by atoms with E-state index in [0.29, 0.717) is 10.8 Å². The van der Waals surface area contributed by atoms with Crippen molar-refractivity contribution < 1.29 is 4.48 Å². The standard InChI is InChI=1S/C31H47N2/c1-4-5-6-7-8-15-22-33(24-29-18-13-10-14-19-29)26-30(2)20-21-32(25-31(30,3)27-33)23-28-16-11-9-12-17-28/h9-14,16-19H,4-8,15,20-27H2,1-3H3/q+1/t30-,31+,33?/m1/s1. The lowest BCUT2D eigenvalue weighted by Crippen LogP contribution is -2.52. The molecule has 2 nitrogen and oxygen atoms in total. The highest BCUT2D eigenvalue weighted by Gasteiger charge is 2.61. The number of rotatable bonds is 11. The molecule has 1 unspecified atom stereocenters. The van der Waals surface area contributed by atoms with E-state index in [0.717, 1.165) is 6.54 Å². The average Bonchev–Trinajstić information content (AvgIpc) is 3.03. The molecule has 2 aliphatic heterocycles. The minimum absolute atomic E-state index is 0.386. The van der Waals surface area contributed by atoms with E-state index in [1.165, 1.54) is 99.8 Å². The third-order valence-electron chi connectivity index (χ3n) is 8.97. The van der Waals surface area contributed by atoms with Crippen molar-refractivity contribution in [3.8, 4) is 0 Å². The minimum Gasteiger partial charge on any atom is -0.319 e. The topological polar surface area (TPSA) is 3.24 Å². The Hall–Kier alpha value is -1.64. The van der Waals surface area contributed by atoms with Crippen LogP contribution in [0.2, 0.25) is 0 Å². The summed E-state index contributed by atoms with van der Waals surface area (Å²) < 4.78 is 1.30. The third-order valence-corrected chi connectivity index (χ3v) is 8.97. The first-order valence-corrected chi connectivity index (χ1v) is 13.6. The number of fused-ring (bicyclic) bond motifs is 1. The molecule has 2 aliphatic rings. The van der Waals surface area contributed by atoms with Crippen LogP contribution in [0.4, 0.5) is 0 Å². The summed E-state index contributed by atoms with van der Waals surface area (Å²) in [4.78, 5) is 2.74. The molecule has 3 atom stereocenters. The van der Waals surface area contributed by atoms with Gasteiger partial charge >= 0.3 is 0 Å². The van der Waals surface area contributed by atoms with Crippen molar-refractivity contribution in [2.24, 2.45) is 10.8 Å². The summed E-state index contributed by atoms with van der Waals surface area (Å²) in [5, 5.41) is 0. The number of hydrogen-bond acceptors (Lipinski definition) is 1. The normalized spacial score (nSPS) is 29.8. The van der Waals surface area contributed by atoms with E-state index in [4.69, 9.17) is 0 Å². The van der Waals surface area contributed by atoms with Crippen LogP contribution in [0.5, 0.6) is 0 Å². The molecule has 4 rings (SSSR count). The molecule has 2 fully saturated rings. The molecule has 0 aliphatic carbocycles. The highest BCUT2D eigenvalue weighted by atomic mass is 15.4. The minimum atomic E-state index is 0.386. The molecule has 2 aromatic rings. The Morgan fingerprint density at radius 3 is 2.06 bits per heavy atom. The van der Waals surface area contributed by atoms with Crippen LogP contribution in [0, 0.1) is 10.8 Å². The molecule has 2 aromatic carbocycles. The second kappa shape index (κ2) is 10.7. The Kier molecular flexibility index (Phi) is 7.97. The molecule has 2 heterocycles. The number of benzene rings is 2. The van der Waals surface area contributed by atoms with E-state index >= 15 is 0 Å². The van der Waals surface area contributed by atoms with Gasteiger partial charge in [-0.1, -0.05) is 107 Å². The number of quaternary nitrogens is 1. The molecule has 0 N–H and O–H groups in total. The maximum absolute atomic E-state index is 2.74. The Morgan fingerprint density at radius 1 is 0.758 bits per heavy atom. The molecule has 0 spiro atoms. The smallest absolute Gasteiger partial charge is 0.104 e. The summed E-state index contributed by atoms with van der Waals surface area (Å²) in [6.45, 7) is 16.4. The second-order valence-corrected chi connectivity index (χ2v) is 11.9. The predicted molar refractivity (Wildman–Crippen MR) is 141 cm³/mol. The maximum atomic E-state index is 2.74. The van der Waals surface area contributed by atoms with E-state index in [-0.39, 0.29) is 0 Å². The van der Waals surface area contributed by atoms with Crippen molar-refractivity contribution in [2.45, 2.75) is 78.8 Å². The fourth-order valence-electron chi connectivity index (χ4n) is 7.04. The summed E-state index contributed by atoms with van der Waals surface area (Å²) in [6, 6.07) is 22.4. The fourth-order valence-corrected chi connectivity index (χ4v) is 7.04. The summed E-state index contributed by atoms with van der Waals surface area (Å²) in [7, 11) is 0. The Balaban J connectivity index is 1.48. The summed E-state index contributed by atoms with van der Waals surface area (Å²) >= 11 is 0. The first kappa shape index (κ1) is 24.5. The van der Waals surface area contributed by atoms with E-state index in [9.17, 15) is 0 Å². The van der Waals surface area contributed by atoms with Crippen molar-refractivity contribution in [2.75, 3.05) is 32.7 Å². The van der Waals surface area contributed by atoms with Gasteiger partial charge in [0.2, 0.25) is 0 Å². The van der Waals surface area contributed by atoms with Crippen LogP contribution in [0.25, 0.3) is 0 Å². The van der Waals surface area contributed by atoms with Gasteiger partial charge in [-0.3, -0.25) is 4.90 Å². The van der Waals surface area contributed by atoms with Gasteiger partial charge in [0.1, 0.15) is 6.54 Å². The van der Waals surface area contributed by atoms with Gasteiger partial charge in [0.15, 0.2) is 0 Å². The van der Waals surface area contributed by atoms with Crippen LogP contribution in [0.1, 0.15) is 76.8 Å². The number of hydrogen-bond donors (Lipinski definition) is 0. The molecule has 180 valence electrons. The molecule has 0 amide bonds. The first-order chi connectivity index (χ1) is 16.0. The van der Waals surface area contributed by atoms with Crippen molar-refractivity contribution in [3.05, 3.63) is 71.8 Å². The Morgan fingerprint density at radius 2 is 1.36 bits per heavy atom. The fraction of sp³-hybridized carbons (Fsp3) is 0.613. The van der Waals surface area contributed by atoms with Gasteiger partial charge in [-0.05, 0) is 31.4 Å². The Bertz CT molecular complexity index is 850. The molecule has 2 saturated heterocycles. The van der Waals surface area contributed by atoms with Crippen LogP contribution < -0.4 is 0 Å². The lowest BCUT2D eigenvalue weighted by atomic mass is 9.64. The van der Waals surface area contributed by atoms with Crippen molar-refractivity contribution >= 4 is 0 Å². The molecular formula is C31H47N2+. The van der Waals surface area contributed by atoms with Gasteiger partial charge in [0.25, 0.3) is 0 Å². The number of nitrogens with zero attached hydrogens (tertiary/aromatic N) is 2. The number of unbranched alkanes of at least 4 members (excludes halogenated alkanes) is 5. The number of likely N-dealkylation sites (tertiary alicyclic amines) is 2. The van der Waals surface area contributed by atoms with Gasteiger partial charge in [-0.2, -0.15) is 0 Å². The predicted octanol–water partition coefficient (Wildman–Crippen LogP) is 7.30. The quantitative estimate of drug-likeness (QED) is 0.258. The first-order valence-electron chi connectivity index (χ1n) is 13.6. The summed E-state index contributed by atoms with van der Waals surface area (Å²) in [6.07, 6.45) is 9.69. The largest absolute Gasteiger partial charge is 0.319 e. The van der Waals surface area contributed by atoms with E-state index < -0.39 is 0 Å². The SMILES string of the molecule is CCCCCCCC[N+]1(Cc2ccccc2)C[C@]2(C)CN(Cc3ccccc3)CC[C@]2(C)C1. The van der Waals surface area contributed by atoms with Crippen molar-refractivity contribution in [1.29, 1.82) is 0 Å². The molecule has 0 radical (unpaired) electrons. The van der Waals surface area contributed by atoms with Gasteiger partial charge in [0, 0.05) is 29.5 Å². The van der Waals surface area contributed by atoms with Gasteiger partial charge in [0.05, 0.1) is 19.6 Å². The molecule has 2 heteroatoms. The van der Waals surface area contributed by atoms with Crippen molar-refractivity contribution in [1.82, 2.24) is 4.90 Å². The van der Waals surface area contributed by atoms with Gasteiger partial charge in [-0.25, -0.2) is 0 Å².